The number of phenols is 1. The van der Waals surface area contributed by atoms with Crippen LogP contribution >= 0.6 is 11.8 Å². The van der Waals surface area contributed by atoms with Gasteiger partial charge in [0.1, 0.15) is 0 Å². The number of ether oxygens (including phenoxy) is 2. The molecule has 0 unspecified atom stereocenters. The fourth-order valence-corrected chi connectivity index (χ4v) is 4.07. The van der Waals surface area contributed by atoms with Crippen molar-refractivity contribution in [1.29, 1.82) is 0 Å². The summed E-state index contributed by atoms with van der Waals surface area (Å²) >= 11 is 1.72. The van der Waals surface area contributed by atoms with Gasteiger partial charge in [-0.25, -0.2) is 0 Å². The summed E-state index contributed by atoms with van der Waals surface area (Å²) in [6.45, 7) is 3.49. The first-order valence-corrected chi connectivity index (χ1v) is 9.82. The van der Waals surface area contributed by atoms with Crippen molar-refractivity contribution in [3.63, 3.8) is 0 Å². The SMILES string of the molecule is COc1cc(-c2nnc(SCCN3CCCCC3)n2C)cc(OC)c1O. The molecular weight excluding hydrogens is 352 g/mol. The molecule has 1 N–H and O–H groups in total. The van der Waals surface area contributed by atoms with Crippen LogP contribution in [-0.2, 0) is 7.05 Å². The molecule has 2 aromatic rings. The molecule has 1 aliphatic heterocycles. The van der Waals surface area contributed by atoms with E-state index in [0.29, 0.717) is 17.3 Å². The second-order valence-corrected chi connectivity index (χ2v) is 7.41. The maximum Gasteiger partial charge on any atom is 0.200 e. The minimum Gasteiger partial charge on any atom is -0.502 e. The Morgan fingerprint density at radius 1 is 1.08 bits per heavy atom. The number of hydrogen-bond donors (Lipinski definition) is 1. The van der Waals surface area contributed by atoms with Crippen LogP contribution in [0.15, 0.2) is 17.3 Å². The molecule has 26 heavy (non-hydrogen) atoms. The molecule has 0 aliphatic carbocycles. The van der Waals surface area contributed by atoms with Crippen molar-refractivity contribution >= 4 is 11.8 Å². The van der Waals surface area contributed by atoms with Gasteiger partial charge in [0, 0.05) is 24.9 Å². The molecule has 0 bridgehead atoms. The molecule has 8 heteroatoms. The predicted octanol–water partition coefficient (Wildman–Crippen LogP) is 2.78. The van der Waals surface area contributed by atoms with E-state index in [1.807, 2.05) is 11.6 Å². The Kier molecular flexibility index (Phi) is 6.26. The van der Waals surface area contributed by atoms with Crippen LogP contribution in [-0.4, -0.2) is 64.4 Å². The van der Waals surface area contributed by atoms with Crippen molar-refractivity contribution < 1.29 is 14.6 Å². The smallest absolute Gasteiger partial charge is 0.200 e. The number of thioether (sulfide) groups is 1. The molecule has 1 aromatic heterocycles. The van der Waals surface area contributed by atoms with Gasteiger partial charge in [0.05, 0.1) is 14.2 Å². The Hall–Kier alpha value is -1.93. The number of benzene rings is 1. The molecule has 142 valence electrons. The number of nitrogens with zero attached hydrogens (tertiary/aromatic N) is 4. The van der Waals surface area contributed by atoms with Gasteiger partial charge in [-0.05, 0) is 38.1 Å². The van der Waals surface area contributed by atoms with E-state index >= 15 is 0 Å². The Bertz CT molecular complexity index is 719. The molecular formula is C18H26N4O3S. The molecule has 0 amide bonds. The van der Waals surface area contributed by atoms with Gasteiger partial charge in [0.2, 0.25) is 5.75 Å². The second-order valence-electron chi connectivity index (χ2n) is 6.35. The van der Waals surface area contributed by atoms with Gasteiger partial charge in [-0.3, -0.25) is 0 Å². The average Bonchev–Trinajstić information content (AvgIpc) is 3.03. The molecule has 0 saturated carbocycles. The summed E-state index contributed by atoms with van der Waals surface area (Å²) in [7, 11) is 4.97. The van der Waals surface area contributed by atoms with Crippen molar-refractivity contribution in [2.75, 3.05) is 39.6 Å². The maximum atomic E-state index is 10.1. The Labute approximate surface area is 158 Å². The van der Waals surface area contributed by atoms with Gasteiger partial charge < -0.3 is 24.0 Å². The van der Waals surface area contributed by atoms with Crippen LogP contribution < -0.4 is 9.47 Å². The van der Waals surface area contributed by atoms with E-state index in [1.54, 1.807) is 23.9 Å². The van der Waals surface area contributed by atoms with Gasteiger partial charge in [-0.15, -0.1) is 10.2 Å². The van der Waals surface area contributed by atoms with Gasteiger partial charge in [0.25, 0.3) is 0 Å². The average molecular weight is 378 g/mol. The van der Waals surface area contributed by atoms with E-state index in [4.69, 9.17) is 9.47 Å². The molecule has 7 nitrogen and oxygen atoms in total. The molecule has 3 rings (SSSR count). The zero-order valence-electron chi connectivity index (χ0n) is 15.6. The zero-order chi connectivity index (χ0) is 18.5. The fraction of sp³-hybridized carbons (Fsp3) is 0.556. The summed E-state index contributed by atoms with van der Waals surface area (Å²) in [6.07, 6.45) is 3.97. The summed E-state index contributed by atoms with van der Waals surface area (Å²) in [6, 6.07) is 3.48. The van der Waals surface area contributed by atoms with E-state index in [1.165, 1.54) is 46.6 Å². The minimum atomic E-state index is -0.0166. The maximum absolute atomic E-state index is 10.1. The number of phenolic OH excluding ortho intramolecular Hbond substituents is 1. The molecule has 0 radical (unpaired) electrons. The first kappa shape index (κ1) is 18.8. The van der Waals surface area contributed by atoms with E-state index in [9.17, 15) is 5.11 Å². The molecule has 1 saturated heterocycles. The van der Waals surface area contributed by atoms with Crippen LogP contribution in [0.1, 0.15) is 19.3 Å². The van der Waals surface area contributed by atoms with Crippen molar-refractivity contribution in [3.8, 4) is 28.6 Å². The molecule has 0 atom stereocenters. The van der Waals surface area contributed by atoms with Crippen molar-refractivity contribution in [1.82, 2.24) is 19.7 Å². The van der Waals surface area contributed by atoms with Crippen LogP contribution in [0, 0.1) is 0 Å². The third-order valence-electron chi connectivity index (χ3n) is 4.66. The van der Waals surface area contributed by atoms with E-state index < -0.39 is 0 Å². The Balaban J connectivity index is 1.72. The van der Waals surface area contributed by atoms with Crippen LogP contribution in [0.5, 0.6) is 17.2 Å². The van der Waals surface area contributed by atoms with Gasteiger partial charge in [-0.1, -0.05) is 18.2 Å². The van der Waals surface area contributed by atoms with E-state index in [2.05, 4.69) is 15.1 Å². The molecule has 2 heterocycles. The molecule has 1 aliphatic rings. The summed E-state index contributed by atoms with van der Waals surface area (Å²) in [4.78, 5) is 2.52. The number of aromatic nitrogens is 3. The lowest BCUT2D eigenvalue weighted by Gasteiger charge is -2.25. The van der Waals surface area contributed by atoms with Crippen LogP contribution in [0.25, 0.3) is 11.4 Å². The third kappa shape index (κ3) is 4.07. The summed E-state index contributed by atoms with van der Waals surface area (Å²) in [5.74, 6) is 2.39. The highest BCUT2D eigenvalue weighted by molar-refractivity contribution is 7.99. The summed E-state index contributed by atoms with van der Waals surface area (Å²) in [5, 5.41) is 19.6. The highest BCUT2D eigenvalue weighted by Crippen LogP contribution is 2.40. The van der Waals surface area contributed by atoms with E-state index in [-0.39, 0.29) is 5.75 Å². The summed E-state index contributed by atoms with van der Waals surface area (Å²) < 4.78 is 12.4. The van der Waals surface area contributed by atoms with Crippen molar-refractivity contribution in [2.24, 2.45) is 7.05 Å². The number of aromatic hydroxyl groups is 1. The predicted molar refractivity (Wildman–Crippen MR) is 102 cm³/mol. The Morgan fingerprint density at radius 3 is 2.35 bits per heavy atom. The lowest BCUT2D eigenvalue weighted by atomic mass is 10.1. The first-order chi connectivity index (χ1) is 12.6. The van der Waals surface area contributed by atoms with Gasteiger partial charge >= 0.3 is 0 Å². The van der Waals surface area contributed by atoms with Crippen LogP contribution in [0.4, 0.5) is 0 Å². The fourth-order valence-electron chi connectivity index (χ4n) is 3.16. The largest absolute Gasteiger partial charge is 0.502 e. The monoisotopic (exact) mass is 378 g/mol. The van der Waals surface area contributed by atoms with Gasteiger partial charge in [-0.2, -0.15) is 0 Å². The third-order valence-corrected chi connectivity index (χ3v) is 5.66. The number of likely N-dealkylation sites (tertiary alicyclic amines) is 1. The number of rotatable bonds is 7. The number of methoxy groups -OCH3 is 2. The number of piperidine rings is 1. The lowest BCUT2D eigenvalue weighted by Crippen LogP contribution is -2.31. The van der Waals surface area contributed by atoms with E-state index in [0.717, 1.165) is 23.0 Å². The second kappa shape index (κ2) is 8.64. The molecule has 1 aromatic carbocycles. The molecule has 0 spiro atoms. The van der Waals surface area contributed by atoms with Gasteiger partial charge in [0.15, 0.2) is 22.5 Å². The highest BCUT2D eigenvalue weighted by atomic mass is 32.2. The highest BCUT2D eigenvalue weighted by Gasteiger charge is 2.17. The van der Waals surface area contributed by atoms with Crippen molar-refractivity contribution in [2.45, 2.75) is 24.4 Å². The lowest BCUT2D eigenvalue weighted by molar-refractivity contribution is 0.242. The summed E-state index contributed by atoms with van der Waals surface area (Å²) in [5.41, 5.74) is 0.786. The number of hydrogen-bond acceptors (Lipinski definition) is 7. The van der Waals surface area contributed by atoms with Crippen molar-refractivity contribution in [3.05, 3.63) is 12.1 Å². The van der Waals surface area contributed by atoms with Crippen LogP contribution in [0.3, 0.4) is 0 Å². The first-order valence-electron chi connectivity index (χ1n) is 8.84. The topological polar surface area (TPSA) is 72.6 Å². The molecule has 1 fully saturated rings. The quantitative estimate of drug-likeness (QED) is 0.743. The van der Waals surface area contributed by atoms with Crippen LogP contribution in [0.2, 0.25) is 0 Å². The Morgan fingerprint density at radius 2 is 1.73 bits per heavy atom. The minimum absolute atomic E-state index is 0.0166. The normalized spacial score (nSPS) is 15.2. The zero-order valence-corrected chi connectivity index (χ0v) is 16.4. The standard InChI is InChI=1S/C18H26N4O3S/c1-21-17(13-11-14(24-2)16(23)15(12-13)25-3)19-20-18(21)26-10-9-22-7-5-4-6-8-22/h11-12,23H,4-10H2,1-3H3.